The average molecular weight is 216 g/mol. The molecular formula is C12H16N4. The van der Waals surface area contributed by atoms with E-state index in [1.54, 1.807) is 12.4 Å². The summed E-state index contributed by atoms with van der Waals surface area (Å²) < 4.78 is 0. The van der Waals surface area contributed by atoms with Crippen LogP contribution >= 0.6 is 0 Å². The molecule has 0 atom stereocenters. The van der Waals surface area contributed by atoms with Gasteiger partial charge in [-0.25, -0.2) is 0 Å². The minimum absolute atomic E-state index is 0.839. The summed E-state index contributed by atoms with van der Waals surface area (Å²) in [4.78, 5) is 3.99. The second-order valence-electron chi connectivity index (χ2n) is 3.69. The van der Waals surface area contributed by atoms with E-state index >= 15 is 0 Å². The second kappa shape index (κ2) is 5.42. The summed E-state index contributed by atoms with van der Waals surface area (Å²) in [5, 5.41) is 10.6. The lowest BCUT2D eigenvalue weighted by Gasteiger charge is -1.98. The fourth-order valence-corrected chi connectivity index (χ4v) is 1.52. The third-order valence-corrected chi connectivity index (χ3v) is 2.35. The first-order valence-corrected chi connectivity index (χ1v) is 5.55. The number of aromatic nitrogens is 3. The van der Waals surface area contributed by atoms with Crippen molar-refractivity contribution in [3.63, 3.8) is 0 Å². The van der Waals surface area contributed by atoms with Crippen LogP contribution < -0.4 is 5.32 Å². The van der Waals surface area contributed by atoms with E-state index in [0.29, 0.717) is 0 Å². The number of H-pyrrole nitrogens is 1. The Balaban J connectivity index is 2.02. The van der Waals surface area contributed by atoms with E-state index in [1.807, 2.05) is 12.1 Å². The van der Waals surface area contributed by atoms with Crippen molar-refractivity contribution in [3.05, 3.63) is 36.3 Å². The summed E-state index contributed by atoms with van der Waals surface area (Å²) in [7, 11) is 0. The maximum atomic E-state index is 4.27. The lowest BCUT2D eigenvalue weighted by Crippen LogP contribution is -2.13. The van der Waals surface area contributed by atoms with E-state index in [4.69, 9.17) is 0 Å². The van der Waals surface area contributed by atoms with Crippen LogP contribution in [0.25, 0.3) is 11.3 Å². The minimum atomic E-state index is 0.839. The Labute approximate surface area is 95.1 Å². The van der Waals surface area contributed by atoms with E-state index < -0.39 is 0 Å². The molecule has 2 aromatic heterocycles. The first kappa shape index (κ1) is 10.8. The summed E-state index contributed by atoms with van der Waals surface area (Å²) in [5.41, 5.74) is 3.17. The normalized spacial score (nSPS) is 10.6. The smallest absolute Gasteiger partial charge is 0.0925 e. The van der Waals surface area contributed by atoms with E-state index in [-0.39, 0.29) is 0 Å². The topological polar surface area (TPSA) is 53.6 Å². The Morgan fingerprint density at radius 2 is 2.12 bits per heavy atom. The first-order chi connectivity index (χ1) is 7.90. The van der Waals surface area contributed by atoms with Gasteiger partial charge in [0.25, 0.3) is 0 Å². The number of rotatable bonds is 5. The third-order valence-electron chi connectivity index (χ3n) is 2.35. The minimum Gasteiger partial charge on any atom is -0.311 e. The van der Waals surface area contributed by atoms with E-state index in [2.05, 4.69) is 33.5 Å². The fraction of sp³-hybridized carbons (Fsp3) is 0.333. The fourth-order valence-electron chi connectivity index (χ4n) is 1.52. The number of hydrogen-bond donors (Lipinski definition) is 2. The molecule has 2 N–H and O–H groups in total. The maximum absolute atomic E-state index is 4.27. The molecule has 0 aromatic carbocycles. The van der Waals surface area contributed by atoms with Gasteiger partial charge < -0.3 is 5.32 Å². The number of hydrogen-bond acceptors (Lipinski definition) is 3. The van der Waals surface area contributed by atoms with E-state index in [1.165, 1.54) is 0 Å². The van der Waals surface area contributed by atoms with Gasteiger partial charge in [0.15, 0.2) is 0 Å². The highest BCUT2D eigenvalue weighted by molar-refractivity contribution is 5.58. The van der Waals surface area contributed by atoms with Gasteiger partial charge in [-0.15, -0.1) is 0 Å². The van der Waals surface area contributed by atoms with Crippen LogP contribution in [-0.4, -0.2) is 21.7 Å². The van der Waals surface area contributed by atoms with Crippen molar-refractivity contribution in [3.8, 4) is 11.3 Å². The Morgan fingerprint density at radius 3 is 2.88 bits per heavy atom. The van der Waals surface area contributed by atoms with Crippen LogP contribution in [0.1, 0.15) is 19.0 Å². The largest absolute Gasteiger partial charge is 0.311 e. The quantitative estimate of drug-likeness (QED) is 0.751. The van der Waals surface area contributed by atoms with Crippen LogP contribution in [0.3, 0.4) is 0 Å². The van der Waals surface area contributed by atoms with Crippen molar-refractivity contribution in [1.29, 1.82) is 0 Å². The predicted molar refractivity (Wildman–Crippen MR) is 63.8 cm³/mol. The molecular weight excluding hydrogens is 200 g/mol. The van der Waals surface area contributed by atoms with Crippen molar-refractivity contribution in [2.24, 2.45) is 0 Å². The highest BCUT2D eigenvalue weighted by atomic mass is 15.1. The van der Waals surface area contributed by atoms with Crippen LogP contribution in [-0.2, 0) is 6.54 Å². The zero-order valence-electron chi connectivity index (χ0n) is 9.40. The van der Waals surface area contributed by atoms with Gasteiger partial charge >= 0.3 is 0 Å². The number of nitrogens with one attached hydrogen (secondary N) is 2. The molecule has 16 heavy (non-hydrogen) atoms. The van der Waals surface area contributed by atoms with Crippen LogP contribution in [0, 0.1) is 0 Å². The SMILES string of the molecule is CCCNCc1cc(-c2ccncc2)n[nH]1. The number of aromatic amines is 1. The zero-order chi connectivity index (χ0) is 11.2. The monoisotopic (exact) mass is 216 g/mol. The molecule has 0 spiro atoms. The molecule has 2 aromatic rings. The Kier molecular flexibility index (Phi) is 3.66. The van der Waals surface area contributed by atoms with Gasteiger partial charge in [0.05, 0.1) is 5.69 Å². The lowest BCUT2D eigenvalue weighted by molar-refractivity contribution is 0.662. The predicted octanol–water partition coefficient (Wildman–Crippen LogP) is 1.97. The van der Waals surface area contributed by atoms with Crippen molar-refractivity contribution in [2.45, 2.75) is 19.9 Å². The molecule has 0 aliphatic carbocycles. The van der Waals surface area contributed by atoms with Crippen molar-refractivity contribution in [2.75, 3.05) is 6.54 Å². The van der Waals surface area contributed by atoms with E-state index in [0.717, 1.165) is 36.5 Å². The molecule has 0 saturated carbocycles. The Morgan fingerprint density at radius 1 is 1.31 bits per heavy atom. The molecule has 4 nitrogen and oxygen atoms in total. The van der Waals surface area contributed by atoms with Crippen LogP contribution in [0.2, 0.25) is 0 Å². The summed E-state index contributed by atoms with van der Waals surface area (Å²) in [5.74, 6) is 0. The highest BCUT2D eigenvalue weighted by Crippen LogP contribution is 2.15. The van der Waals surface area contributed by atoms with Crippen molar-refractivity contribution < 1.29 is 0 Å². The van der Waals surface area contributed by atoms with Crippen LogP contribution in [0.15, 0.2) is 30.6 Å². The summed E-state index contributed by atoms with van der Waals surface area (Å²) in [6, 6.07) is 5.98. The van der Waals surface area contributed by atoms with Crippen molar-refractivity contribution in [1.82, 2.24) is 20.5 Å². The van der Waals surface area contributed by atoms with Gasteiger partial charge in [0.2, 0.25) is 0 Å². The summed E-state index contributed by atoms with van der Waals surface area (Å²) in [6.45, 7) is 4.03. The molecule has 0 fully saturated rings. The zero-order valence-corrected chi connectivity index (χ0v) is 9.40. The summed E-state index contributed by atoms with van der Waals surface area (Å²) >= 11 is 0. The molecule has 0 saturated heterocycles. The molecule has 4 heteroatoms. The van der Waals surface area contributed by atoms with Gasteiger partial charge in [-0.3, -0.25) is 10.1 Å². The standard InChI is InChI=1S/C12H16N4/c1-2-5-14-9-11-8-12(16-15-11)10-3-6-13-7-4-10/h3-4,6-8,14H,2,5,9H2,1H3,(H,15,16). The lowest BCUT2D eigenvalue weighted by atomic mass is 10.2. The molecule has 0 bridgehead atoms. The number of nitrogens with zero attached hydrogens (tertiary/aromatic N) is 2. The molecule has 0 amide bonds. The molecule has 84 valence electrons. The van der Waals surface area contributed by atoms with Gasteiger partial charge in [0, 0.05) is 30.2 Å². The average Bonchev–Trinajstić information content (AvgIpc) is 2.79. The summed E-state index contributed by atoms with van der Waals surface area (Å²) in [6.07, 6.45) is 4.70. The van der Waals surface area contributed by atoms with Gasteiger partial charge in [-0.1, -0.05) is 6.92 Å². The molecule has 0 radical (unpaired) electrons. The molecule has 0 aliphatic rings. The maximum Gasteiger partial charge on any atom is 0.0925 e. The Hall–Kier alpha value is -1.68. The molecule has 0 aliphatic heterocycles. The second-order valence-corrected chi connectivity index (χ2v) is 3.69. The molecule has 2 heterocycles. The van der Waals surface area contributed by atoms with Crippen LogP contribution in [0.5, 0.6) is 0 Å². The van der Waals surface area contributed by atoms with Crippen molar-refractivity contribution >= 4 is 0 Å². The number of pyridine rings is 1. The third kappa shape index (κ3) is 2.67. The first-order valence-electron chi connectivity index (χ1n) is 5.55. The van der Waals surface area contributed by atoms with Gasteiger partial charge in [0.1, 0.15) is 0 Å². The highest BCUT2D eigenvalue weighted by Gasteiger charge is 2.02. The van der Waals surface area contributed by atoms with Gasteiger partial charge in [-0.05, 0) is 31.2 Å². The van der Waals surface area contributed by atoms with E-state index in [9.17, 15) is 0 Å². The van der Waals surface area contributed by atoms with Crippen LogP contribution in [0.4, 0.5) is 0 Å². The molecule has 2 rings (SSSR count). The van der Waals surface area contributed by atoms with Gasteiger partial charge in [-0.2, -0.15) is 5.10 Å². The molecule has 0 unspecified atom stereocenters. The Bertz CT molecular complexity index is 422.